The number of aromatic nitrogens is 3. The van der Waals surface area contributed by atoms with Crippen LogP contribution in [0, 0.1) is 5.41 Å². The maximum absolute atomic E-state index is 11.3. The summed E-state index contributed by atoms with van der Waals surface area (Å²) in [6.07, 6.45) is 2.58. The zero-order valence-electron chi connectivity index (χ0n) is 16.6. The van der Waals surface area contributed by atoms with Gasteiger partial charge in [0, 0.05) is 13.1 Å². The van der Waals surface area contributed by atoms with E-state index in [1.165, 1.54) is 6.33 Å². The molecule has 2 heterocycles. The molecule has 1 aliphatic rings. The molecule has 0 bridgehead atoms. The normalized spacial score (nSPS) is 19.4. The van der Waals surface area contributed by atoms with Crippen LogP contribution in [0.25, 0.3) is 0 Å². The summed E-state index contributed by atoms with van der Waals surface area (Å²) in [5.74, 6) is 0.799. The fourth-order valence-electron chi connectivity index (χ4n) is 3.65. The Bertz CT molecular complexity index is 708. The minimum atomic E-state index is -0.627. The number of benzene rings is 1. The third-order valence-corrected chi connectivity index (χ3v) is 5.15. The van der Waals surface area contributed by atoms with Gasteiger partial charge in [0.2, 0.25) is 0 Å². The predicted octanol–water partition coefficient (Wildman–Crippen LogP) is 2.31. The van der Waals surface area contributed by atoms with Gasteiger partial charge in [-0.15, -0.1) is 0 Å². The fraction of sp³-hybridized carbons (Fsp3) is 0.600. The molecule has 7 heteroatoms. The zero-order valence-corrected chi connectivity index (χ0v) is 16.6. The summed E-state index contributed by atoms with van der Waals surface area (Å²) in [7, 11) is 1.67. The van der Waals surface area contributed by atoms with E-state index in [4.69, 9.17) is 9.47 Å². The van der Waals surface area contributed by atoms with Crippen molar-refractivity contribution in [2.75, 3.05) is 33.4 Å². The van der Waals surface area contributed by atoms with Gasteiger partial charge in [-0.3, -0.25) is 4.90 Å². The van der Waals surface area contributed by atoms with E-state index < -0.39 is 6.10 Å². The van der Waals surface area contributed by atoms with Gasteiger partial charge in [-0.2, -0.15) is 5.10 Å². The lowest BCUT2D eigenvalue weighted by Gasteiger charge is -2.43. The molecule has 148 valence electrons. The molecule has 7 nitrogen and oxygen atoms in total. The van der Waals surface area contributed by atoms with Gasteiger partial charge in [-0.1, -0.05) is 32.9 Å². The van der Waals surface area contributed by atoms with Crippen molar-refractivity contribution in [2.45, 2.75) is 39.0 Å². The summed E-state index contributed by atoms with van der Waals surface area (Å²) >= 11 is 0. The number of morpholine rings is 1. The first kappa shape index (κ1) is 19.8. The molecule has 3 unspecified atom stereocenters. The average Bonchev–Trinajstić information content (AvgIpc) is 3.19. The second kappa shape index (κ2) is 8.37. The SMILES string of the molecule is COc1cccc(C(C(C(O)C(C)(C)C)n2cncn2)N2CCOCC2)c1. The van der Waals surface area contributed by atoms with Crippen LogP contribution in [0.1, 0.15) is 38.4 Å². The van der Waals surface area contributed by atoms with Crippen molar-refractivity contribution >= 4 is 0 Å². The van der Waals surface area contributed by atoms with Crippen LogP contribution in [0.15, 0.2) is 36.9 Å². The summed E-state index contributed by atoms with van der Waals surface area (Å²) in [5.41, 5.74) is 0.764. The minimum absolute atomic E-state index is 0.0834. The van der Waals surface area contributed by atoms with E-state index >= 15 is 0 Å². The first-order valence-corrected chi connectivity index (χ1v) is 9.39. The van der Waals surface area contributed by atoms with Crippen molar-refractivity contribution < 1.29 is 14.6 Å². The first-order chi connectivity index (χ1) is 12.9. The van der Waals surface area contributed by atoms with Crippen LogP contribution < -0.4 is 4.74 Å². The topological polar surface area (TPSA) is 72.6 Å². The van der Waals surface area contributed by atoms with Gasteiger partial charge in [0.05, 0.1) is 38.5 Å². The average molecular weight is 374 g/mol. The first-order valence-electron chi connectivity index (χ1n) is 9.39. The number of methoxy groups -OCH3 is 1. The molecule has 1 N–H and O–H groups in total. The van der Waals surface area contributed by atoms with E-state index in [1.54, 1.807) is 18.1 Å². The van der Waals surface area contributed by atoms with Gasteiger partial charge in [0.25, 0.3) is 0 Å². The lowest BCUT2D eigenvalue weighted by molar-refractivity contribution is -0.0518. The predicted molar refractivity (Wildman–Crippen MR) is 103 cm³/mol. The Balaban J connectivity index is 2.09. The summed E-state index contributed by atoms with van der Waals surface area (Å²) in [6, 6.07) is 7.67. The third kappa shape index (κ3) is 4.48. The lowest BCUT2D eigenvalue weighted by Crippen LogP contribution is -2.48. The Morgan fingerprint density at radius 1 is 1.22 bits per heavy atom. The Morgan fingerprint density at radius 2 is 1.96 bits per heavy atom. The maximum atomic E-state index is 11.3. The van der Waals surface area contributed by atoms with Gasteiger partial charge in [0.15, 0.2) is 0 Å². The number of aliphatic hydroxyl groups excluding tert-OH is 1. The van der Waals surface area contributed by atoms with Crippen LogP contribution in [0.3, 0.4) is 0 Å². The Kier molecular flexibility index (Phi) is 6.14. The molecule has 1 saturated heterocycles. The van der Waals surface area contributed by atoms with E-state index in [0.29, 0.717) is 13.2 Å². The molecule has 0 aliphatic carbocycles. The van der Waals surface area contributed by atoms with Crippen LogP contribution in [-0.2, 0) is 4.74 Å². The molecule has 1 aromatic carbocycles. The number of hydrogen-bond acceptors (Lipinski definition) is 6. The number of hydrogen-bond donors (Lipinski definition) is 1. The standard InChI is InChI=1S/C20H30N4O3/c1-20(2,3)19(25)18(24-14-21-13-22-24)17(23-8-10-27-11-9-23)15-6-5-7-16(12-15)26-4/h5-7,12-14,17-19,25H,8-11H2,1-4H3. The molecule has 1 aliphatic heterocycles. The molecule has 1 fully saturated rings. The number of rotatable bonds is 6. The van der Waals surface area contributed by atoms with Crippen molar-refractivity contribution in [1.29, 1.82) is 0 Å². The van der Waals surface area contributed by atoms with E-state index in [0.717, 1.165) is 24.4 Å². The molecule has 3 atom stereocenters. The lowest BCUT2D eigenvalue weighted by atomic mass is 9.80. The highest BCUT2D eigenvalue weighted by atomic mass is 16.5. The Hall–Kier alpha value is -1.96. The second-order valence-electron chi connectivity index (χ2n) is 8.05. The molecule has 1 aromatic heterocycles. The van der Waals surface area contributed by atoms with Gasteiger partial charge in [0.1, 0.15) is 18.4 Å². The van der Waals surface area contributed by atoms with Crippen LogP contribution in [0.4, 0.5) is 0 Å². The highest BCUT2D eigenvalue weighted by Gasteiger charge is 2.41. The van der Waals surface area contributed by atoms with Crippen molar-refractivity contribution in [3.8, 4) is 5.75 Å². The second-order valence-corrected chi connectivity index (χ2v) is 8.05. The smallest absolute Gasteiger partial charge is 0.137 e. The summed E-state index contributed by atoms with van der Waals surface area (Å²) < 4.78 is 12.8. The number of ether oxygens (including phenoxy) is 2. The highest BCUT2D eigenvalue weighted by molar-refractivity contribution is 5.31. The largest absolute Gasteiger partial charge is 0.497 e. The monoisotopic (exact) mass is 374 g/mol. The molecule has 2 aromatic rings. The minimum Gasteiger partial charge on any atom is -0.497 e. The van der Waals surface area contributed by atoms with Crippen molar-refractivity contribution in [3.63, 3.8) is 0 Å². The summed E-state index contributed by atoms with van der Waals surface area (Å²) in [5, 5.41) is 15.7. The highest BCUT2D eigenvalue weighted by Crippen LogP contribution is 2.40. The van der Waals surface area contributed by atoms with E-state index in [1.807, 2.05) is 39.0 Å². The van der Waals surface area contributed by atoms with Crippen LogP contribution in [0.2, 0.25) is 0 Å². The fourth-order valence-corrected chi connectivity index (χ4v) is 3.65. The molecule has 0 amide bonds. The molecule has 0 radical (unpaired) electrons. The maximum Gasteiger partial charge on any atom is 0.137 e. The van der Waals surface area contributed by atoms with Crippen molar-refractivity contribution in [3.05, 3.63) is 42.5 Å². The molecular weight excluding hydrogens is 344 g/mol. The van der Waals surface area contributed by atoms with E-state index in [2.05, 4.69) is 21.0 Å². The molecule has 27 heavy (non-hydrogen) atoms. The van der Waals surface area contributed by atoms with Gasteiger partial charge >= 0.3 is 0 Å². The van der Waals surface area contributed by atoms with Crippen molar-refractivity contribution in [1.82, 2.24) is 19.7 Å². The van der Waals surface area contributed by atoms with Gasteiger partial charge in [-0.25, -0.2) is 9.67 Å². The van der Waals surface area contributed by atoms with E-state index in [-0.39, 0.29) is 17.5 Å². The van der Waals surface area contributed by atoms with Crippen LogP contribution in [0.5, 0.6) is 5.75 Å². The Morgan fingerprint density at radius 3 is 2.56 bits per heavy atom. The summed E-state index contributed by atoms with van der Waals surface area (Å²) in [6.45, 7) is 9.08. The molecule has 0 saturated carbocycles. The summed E-state index contributed by atoms with van der Waals surface area (Å²) in [4.78, 5) is 6.50. The molecule has 0 spiro atoms. The molecular formula is C20H30N4O3. The number of aliphatic hydroxyl groups is 1. The molecule has 3 rings (SSSR count). The van der Waals surface area contributed by atoms with Gasteiger partial charge in [-0.05, 0) is 23.1 Å². The quantitative estimate of drug-likeness (QED) is 0.837. The van der Waals surface area contributed by atoms with Crippen molar-refractivity contribution in [2.24, 2.45) is 5.41 Å². The van der Waals surface area contributed by atoms with E-state index in [9.17, 15) is 5.11 Å². The Labute approximate surface area is 160 Å². The number of nitrogens with zero attached hydrogens (tertiary/aromatic N) is 4. The zero-order chi connectivity index (χ0) is 19.4. The van der Waals surface area contributed by atoms with Gasteiger partial charge < -0.3 is 14.6 Å². The van der Waals surface area contributed by atoms with Crippen LogP contribution in [-0.4, -0.2) is 64.3 Å². The van der Waals surface area contributed by atoms with Crippen LogP contribution >= 0.6 is 0 Å². The third-order valence-electron chi connectivity index (χ3n) is 5.15.